The minimum atomic E-state index is -0.376. The van der Waals surface area contributed by atoms with E-state index >= 15 is 0 Å². The summed E-state index contributed by atoms with van der Waals surface area (Å²) in [5.74, 6) is 0. The molecule has 0 amide bonds. The number of hydrogen-bond donors (Lipinski definition) is 0. The first-order valence-corrected chi connectivity index (χ1v) is 13.2. The summed E-state index contributed by atoms with van der Waals surface area (Å²) in [6, 6.07) is 0. The molecule has 0 saturated carbocycles. The van der Waals surface area contributed by atoms with Gasteiger partial charge in [-0.3, -0.25) is 0 Å². The Morgan fingerprint density at radius 2 is 1.20 bits per heavy atom. The Morgan fingerprint density at radius 1 is 0.700 bits per heavy atom. The van der Waals surface area contributed by atoms with Crippen LogP contribution in [0, 0.1) is 34.6 Å². The van der Waals surface area contributed by atoms with Gasteiger partial charge in [0.05, 0.1) is 0 Å². The average molecular weight is 522 g/mol. The van der Waals surface area contributed by atoms with Crippen LogP contribution in [0.25, 0.3) is 0 Å². The Kier molecular flexibility index (Phi) is 16.7. The molecule has 1 aromatic carbocycles. The minimum Gasteiger partial charge on any atom is -1.00 e. The van der Waals surface area contributed by atoms with E-state index in [1.807, 2.05) is 5.20 Å². The van der Waals surface area contributed by atoms with Crippen molar-refractivity contribution in [2.45, 2.75) is 99.8 Å². The van der Waals surface area contributed by atoms with E-state index in [1.54, 1.807) is 31.3 Å². The fourth-order valence-electron chi connectivity index (χ4n) is 4.53. The molecule has 0 unspecified atom stereocenters. The zero-order valence-corrected chi connectivity index (χ0v) is 25.2. The number of unbranched alkanes of at least 4 members (excludes halogenated alkanes) is 3. The Bertz CT molecular complexity index is 737. The van der Waals surface area contributed by atoms with Crippen LogP contribution in [0.1, 0.15) is 93.0 Å². The summed E-state index contributed by atoms with van der Waals surface area (Å²) in [4.78, 5) is 0. The second-order valence-electron chi connectivity index (χ2n) is 8.58. The van der Waals surface area contributed by atoms with E-state index in [0.717, 1.165) is 0 Å². The van der Waals surface area contributed by atoms with Crippen molar-refractivity contribution in [2.75, 3.05) is 0 Å². The first kappa shape index (κ1) is 32.7. The second-order valence-corrected chi connectivity index (χ2v) is 11.3. The fourth-order valence-corrected chi connectivity index (χ4v) is 7.86. The van der Waals surface area contributed by atoms with Crippen LogP contribution in [0.15, 0.2) is 20.2 Å². The first-order valence-electron chi connectivity index (χ1n) is 11.0. The van der Waals surface area contributed by atoms with Gasteiger partial charge in [-0.15, -0.1) is 0 Å². The molecule has 0 fully saturated rings. The topological polar surface area (TPSA) is 0 Å². The van der Waals surface area contributed by atoms with Crippen molar-refractivity contribution < 1.29 is 57.7 Å². The molecule has 0 spiro atoms. The molecule has 30 heavy (non-hydrogen) atoms. The smallest absolute Gasteiger partial charge is 1.00 e. The fraction of sp³-hybridized carbons (Fsp3) is 0.600. The van der Waals surface area contributed by atoms with Crippen molar-refractivity contribution in [3.8, 4) is 0 Å². The van der Waals surface area contributed by atoms with Gasteiger partial charge in [0.1, 0.15) is 0 Å². The minimum absolute atomic E-state index is 0. The van der Waals surface area contributed by atoms with Crippen LogP contribution < -0.4 is 42.4 Å². The van der Waals surface area contributed by atoms with Gasteiger partial charge in [-0.05, 0) is 0 Å². The van der Waals surface area contributed by atoms with E-state index in [0.29, 0.717) is 0 Å². The normalized spacial score (nSPS) is 13.6. The van der Waals surface area contributed by atoms with Crippen LogP contribution >= 0.6 is 0 Å². The number of halogens is 3. The molecule has 0 aromatic heterocycles. The van der Waals surface area contributed by atoms with Crippen LogP contribution in [-0.2, 0) is 20.4 Å². The Labute approximate surface area is 219 Å². The zero-order chi connectivity index (χ0) is 20.1. The molecule has 1 aromatic rings. The van der Waals surface area contributed by atoms with Gasteiger partial charge >= 0.3 is 183 Å². The molecule has 0 atom stereocenters. The molecule has 5 heteroatoms. The summed E-state index contributed by atoms with van der Waals surface area (Å²) in [5, 5.41) is 3.57. The summed E-state index contributed by atoms with van der Waals surface area (Å²) in [6.45, 7) is 16.3. The Morgan fingerprint density at radius 3 is 1.70 bits per heavy atom. The standard InChI is InChI=1S/C25H39Si.3ClH.Ti/c1-8-10-12-14-23-16-24(15-22(23)13-11-9-2)26-25-20(6)18(4)17(3)19(5)21(25)7;;;;/h8-14,16,26H2,1-7H3;3*1H;/q;;;;+3/p-3. The molecule has 0 aliphatic heterocycles. The van der Waals surface area contributed by atoms with Crippen LogP contribution in [0.3, 0.4) is 0 Å². The van der Waals surface area contributed by atoms with E-state index < -0.39 is 0 Å². The second kappa shape index (κ2) is 15.4. The average Bonchev–Trinajstić information content (AvgIpc) is 2.95. The summed E-state index contributed by atoms with van der Waals surface area (Å²) in [5.41, 5.74) is 11.3. The van der Waals surface area contributed by atoms with Gasteiger partial charge in [-0.2, -0.15) is 0 Å². The van der Waals surface area contributed by atoms with E-state index in [4.69, 9.17) is 0 Å². The van der Waals surface area contributed by atoms with E-state index in [-0.39, 0.29) is 46.7 Å². The molecule has 0 saturated heterocycles. The number of hydrogen-bond acceptors (Lipinski definition) is 0. The molecule has 0 heterocycles. The van der Waals surface area contributed by atoms with Gasteiger partial charge in [0.2, 0.25) is 0 Å². The van der Waals surface area contributed by atoms with Gasteiger partial charge in [-0.25, -0.2) is 0 Å². The molecule has 0 radical (unpaired) electrons. The molecule has 168 valence electrons. The van der Waals surface area contributed by atoms with Gasteiger partial charge in [0, 0.05) is 0 Å². The molecule has 0 N–H and O–H groups in total. The Balaban J connectivity index is 0. The predicted molar refractivity (Wildman–Crippen MR) is 121 cm³/mol. The van der Waals surface area contributed by atoms with Gasteiger partial charge in [0.15, 0.2) is 0 Å². The third-order valence-corrected chi connectivity index (χ3v) is 10.9. The first-order chi connectivity index (χ1) is 12.8. The van der Waals surface area contributed by atoms with Gasteiger partial charge < -0.3 is 37.2 Å². The Hall–Kier alpha value is 0.501. The van der Waals surface area contributed by atoms with Crippen LogP contribution in [-0.4, -0.2) is 9.52 Å². The maximum absolute atomic E-state index is 2.44. The summed E-state index contributed by atoms with van der Waals surface area (Å²) in [6.07, 6.45) is 10.7. The summed E-state index contributed by atoms with van der Waals surface area (Å²) < 4.78 is 1.69. The van der Waals surface area contributed by atoms with Gasteiger partial charge in [0.25, 0.3) is 0 Å². The third kappa shape index (κ3) is 7.53. The van der Waals surface area contributed by atoms with E-state index in [2.05, 4.69) is 68.9 Å². The van der Waals surface area contributed by atoms with Crippen LogP contribution in [0.4, 0.5) is 0 Å². The van der Waals surface area contributed by atoms with Crippen molar-refractivity contribution in [1.29, 1.82) is 0 Å². The quantitative estimate of drug-likeness (QED) is 0.245. The van der Waals surface area contributed by atoms with Crippen molar-refractivity contribution in [2.24, 2.45) is 0 Å². The maximum Gasteiger partial charge on any atom is -1.00 e. The summed E-state index contributed by atoms with van der Waals surface area (Å²) in [7, 11) is -0.376. The SMILES string of the molecule is CCCCCC1=C(CCCC)[C]([Ti+3])=C([SiH2]c2c(C)c(C)c(C)c(C)c2C)C1.[Cl-].[Cl-].[Cl-]. The van der Waals surface area contributed by atoms with Crippen molar-refractivity contribution in [3.63, 3.8) is 0 Å². The van der Waals surface area contributed by atoms with Crippen LogP contribution in [0.5, 0.6) is 0 Å². The molecule has 2 rings (SSSR count). The number of allylic oxidation sites excluding steroid dienone is 4. The molecule has 1 aliphatic rings. The molecule has 0 nitrogen and oxygen atoms in total. The van der Waals surface area contributed by atoms with Crippen molar-refractivity contribution in [1.82, 2.24) is 0 Å². The van der Waals surface area contributed by atoms with Gasteiger partial charge in [-0.1, -0.05) is 0 Å². The molecular formula is C25H39Cl3SiTi. The van der Waals surface area contributed by atoms with Crippen LogP contribution in [0.2, 0.25) is 0 Å². The number of rotatable bonds is 9. The maximum atomic E-state index is 2.44. The summed E-state index contributed by atoms with van der Waals surface area (Å²) >= 11 is 2.44. The molecular weight excluding hydrogens is 483 g/mol. The monoisotopic (exact) mass is 520 g/mol. The molecule has 1 aliphatic carbocycles. The number of benzene rings is 1. The van der Waals surface area contributed by atoms with Crippen molar-refractivity contribution in [3.05, 3.63) is 48.0 Å². The zero-order valence-electron chi connectivity index (χ0n) is 20.0. The van der Waals surface area contributed by atoms with Crippen molar-refractivity contribution >= 4 is 14.7 Å². The van der Waals surface area contributed by atoms with E-state index in [1.165, 1.54) is 68.1 Å². The predicted octanol–water partition coefficient (Wildman–Crippen LogP) is -2.74. The largest absolute Gasteiger partial charge is 1.00 e. The van der Waals surface area contributed by atoms with E-state index in [9.17, 15) is 0 Å². The molecule has 0 bridgehead atoms. The third-order valence-electron chi connectivity index (χ3n) is 6.92.